The van der Waals surface area contributed by atoms with Crippen molar-refractivity contribution in [3.05, 3.63) is 92.3 Å². The van der Waals surface area contributed by atoms with Crippen LogP contribution in [0.2, 0.25) is 0 Å². The summed E-state index contributed by atoms with van der Waals surface area (Å²) in [6.07, 6.45) is 1.47. The summed E-state index contributed by atoms with van der Waals surface area (Å²) in [7, 11) is 1.53. The van der Waals surface area contributed by atoms with Gasteiger partial charge in [0.2, 0.25) is 5.76 Å². The first kappa shape index (κ1) is 28.1. The number of ether oxygens (including phenoxy) is 3. The Hall–Kier alpha value is -4.44. The Morgan fingerprint density at radius 2 is 1.95 bits per heavy atom. The molecule has 0 N–H and O–H groups in total. The summed E-state index contributed by atoms with van der Waals surface area (Å²) >= 11 is 1.01. The quantitative estimate of drug-likeness (QED) is 0.177. The molecule has 10 heteroatoms. The average molecular weight is 575 g/mol. The zero-order valence-electron chi connectivity index (χ0n) is 23.5. The lowest BCUT2D eigenvalue weighted by Crippen LogP contribution is -2.29. The smallest absolute Gasteiger partial charge is 0.350 e. The highest BCUT2D eigenvalue weighted by molar-refractivity contribution is 7.17. The monoisotopic (exact) mass is 574 g/mol. The van der Waals surface area contributed by atoms with Crippen LogP contribution in [0.4, 0.5) is 5.13 Å². The average Bonchev–Trinajstić information content (AvgIpc) is 3.47. The van der Waals surface area contributed by atoms with E-state index in [-0.39, 0.29) is 33.4 Å². The lowest BCUT2D eigenvalue weighted by atomic mass is 9.98. The third kappa shape index (κ3) is 5.11. The third-order valence-corrected chi connectivity index (χ3v) is 7.75. The maximum Gasteiger partial charge on any atom is 0.350 e. The number of thiazole rings is 1. The molecule has 0 fully saturated rings. The van der Waals surface area contributed by atoms with Gasteiger partial charge in [-0.05, 0) is 49.6 Å². The predicted octanol–water partition coefficient (Wildman–Crippen LogP) is 6.00. The fourth-order valence-electron chi connectivity index (χ4n) is 4.70. The van der Waals surface area contributed by atoms with Crippen LogP contribution in [0.1, 0.15) is 62.5 Å². The van der Waals surface area contributed by atoms with Crippen LogP contribution in [-0.2, 0) is 4.74 Å². The lowest BCUT2D eigenvalue weighted by molar-refractivity contribution is 0.0554. The third-order valence-electron chi connectivity index (χ3n) is 6.61. The standard InChI is InChI=1S/C31H30N2O7S/c1-7-12-38-30(36)28-18(5)32-31(41-28)33-25(19-9-11-22(23(14-19)37-6)39-15-16(2)3)24-26(34)20-13-17(4)8-10-21(20)40-27(24)29(33)35/h7-11,13-14,16,25H,1,12,15H2,2-6H3. The van der Waals surface area contributed by atoms with Gasteiger partial charge in [0.1, 0.15) is 17.1 Å². The number of carbonyl (C=O) groups is 2. The maximum atomic E-state index is 14.0. The molecule has 212 valence electrons. The van der Waals surface area contributed by atoms with Gasteiger partial charge in [0, 0.05) is 0 Å². The van der Waals surface area contributed by atoms with Gasteiger partial charge >= 0.3 is 5.97 Å². The second-order valence-corrected chi connectivity index (χ2v) is 11.1. The van der Waals surface area contributed by atoms with Gasteiger partial charge < -0.3 is 18.6 Å². The number of aromatic nitrogens is 1. The van der Waals surface area contributed by atoms with E-state index >= 15 is 0 Å². The minimum atomic E-state index is -0.894. The van der Waals surface area contributed by atoms with Crippen LogP contribution >= 0.6 is 11.3 Å². The number of amides is 1. The minimum absolute atomic E-state index is 0.0394. The van der Waals surface area contributed by atoms with Gasteiger partial charge in [0.05, 0.1) is 36.4 Å². The molecule has 3 heterocycles. The molecule has 2 aromatic carbocycles. The largest absolute Gasteiger partial charge is 0.493 e. The molecule has 5 rings (SSSR count). The summed E-state index contributed by atoms with van der Waals surface area (Å²) in [4.78, 5) is 46.8. The van der Waals surface area contributed by atoms with Crippen LogP contribution in [-0.4, -0.2) is 37.2 Å². The fraction of sp³-hybridized carbons (Fsp3) is 0.290. The van der Waals surface area contributed by atoms with Crippen LogP contribution in [0.3, 0.4) is 0 Å². The first-order valence-electron chi connectivity index (χ1n) is 13.1. The van der Waals surface area contributed by atoms with Crippen molar-refractivity contribution in [2.45, 2.75) is 33.7 Å². The van der Waals surface area contributed by atoms with Crippen molar-refractivity contribution in [1.82, 2.24) is 4.98 Å². The molecular formula is C31H30N2O7S. The zero-order valence-corrected chi connectivity index (χ0v) is 24.3. The van der Waals surface area contributed by atoms with Crippen molar-refractivity contribution < 1.29 is 28.2 Å². The van der Waals surface area contributed by atoms with E-state index in [2.05, 4.69) is 11.6 Å². The molecule has 9 nitrogen and oxygen atoms in total. The molecule has 1 atom stereocenters. The van der Waals surface area contributed by atoms with Crippen LogP contribution in [0.15, 0.2) is 58.3 Å². The SMILES string of the molecule is C=CCOC(=O)c1sc(N2C(=O)c3oc4ccc(C)cc4c(=O)c3C2c2ccc(OCC(C)C)c(OC)c2)nc1C. The Morgan fingerprint density at radius 1 is 1.17 bits per heavy atom. The second-order valence-electron chi connectivity index (χ2n) is 10.2. The van der Waals surface area contributed by atoms with Crippen molar-refractivity contribution in [3.8, 4) is 11.5 Å². The second kappa shape index (κ2) is 11.2. The van der Waals surface area contributed by atoms with E-state index in [1.54, 1.807) is 37.3 Å². The van der Waals surface area contributed by atoms with Crippen molar-refractivity contribution in [2.75, 3.05) is 25.2 Å². The van der Waals surface area contributed by atoms with Crippen LogP contribution in [0, 0.1) is 19.8 Å². The van der Waals surface area contributed by atoms with E-state index in [0.29, 0.717) is 46.3 Å². The number of hydrogen-bond acceptors (Lipinski definition) is 9. The summed E-state index contributed by atoms with van der Waals surface area (Å²) in [6.45, 7) is 11.7. The van der Waals surface area contributed by atoms with Gasteiger partial charge in [-0.2, -0.15) is 0 Å². The Labute approximate surface area is 241 Å². The molecule has 1 amide bonds. The Morgan fingerprint density at radius 3 is 2.66 bits per heavy atom. The number of benzene rings is 2. The normalized spacial score (nSPS) is 14.4. The molecule has 4 aromatic rings. The highest BCUT2D eigenvalue weighted by Crippen LogP contribution is 2.45. The number of hydrogen-bond donors (Lipinski definition) is 0. The van der Waals surface area contributed by atoms with Gasteiger partial charge in [-0.3, -0.25) is 14.5 Å². The molecule has 0 saturated heterocycles. The summed E-state index contributed by atoms with van der Waals surface area (Å²) < 4.78 is 22.8. The van der Waals surface area contributed by atoms with E-state index in [1.165, 1.54) is 18.1 Å². The molecular weight excluding hydrogens is 544 g/mol. The number of nitrogens with zero attached hydrogens (tertiary/aromatic N) is 2. The number of carbonyl (C=O) groups excluding carboxylic acids is 2. The predicted molar refractivity (Wildman–Crippen MR) is 157 cm³/mol. The van der Waals surface area contributed by atoms with E-state index in [0.717, 1.165) is 16.9 Å². The van der Waals surface area contributed by atoms with E-state index in [4.69, 9.17) is 18.6 Å². The number of esters is 1. The van der Waals surface area contributed by atoms with Crippen LogP contribution < -0.4 is 19.8 Å². The minimum Gasteiger partial charge on any atom is -0.493 e. The molecule has 2 aromatic heterocycles. The Bertz CT molecular complexity index is 1740. The van der Waals surface area contributed by atoms with Crippen LogP contribution in [0.25, 0.3) is 11.0 Å². The fourth-order valence-corrected chi connectivity index (χ4v) is 5.69. The van der Waals surface area contributed by atoms with Gasteiger partial charge in [-0.15, -0.1) is 0 Å². The van der Waals surface area contributed by atoms with Gasteiger partial charge in [0.25, 0.3) is 5.91 Å². The molecule has 1 aliphatic rings. The van der Waals surface area contributed by atoms with Gasteiger partial charge in [-0.1, -0.05) is 55.5 Å². The Kier molecular flexibility index (Phi) is 7.68. The molecule has 0 saturated carbocycles. The first-order valence-corrected chi connectivity index (χ1v) is 13.9. The molecule has 0 bridgehead atoms. The van der Waals surface area contributed by atoms with Crippen molar-refractivity contribution in [2.24, 2.45) is 5.92 Å². The topological polar surface area (TPSA) is 108 Å². The van der Waals surface area contributed by atoms with Crippen molar-refractivity contribution in [1.29, 1.82) is 0 Å². The summed E-state index contributed by atoms with van der Waals surface area (Å²) in [5.74, 6) is 0.114. The van der Waals surface area contributed by atoms with E-state index in [1.807, 2.05) is 26.8 Å². The summed E-state index contributed by atoms with van der Waals surface area (Å²) in [5.41, 5.74) is 2.06. The molecule has 0 radical (unpaired) electrons. The maximum absolute atomic E-state index is 14.0. The molecule has 1 aliphatic heterocycles. The van der Waals surface area contributed by atoms with Crippen molar-refractivity contribution in [3.63, 3.8) is 0 Å². The summed E-state index contributed by atoms with van der Waals surface area (Å²) in [5, 5.41) is 0.601. The van der Waals surface area contributed by atoms with E-state index in [9.17, 15) is 14.4 Å². The number of aryl methyl sites for hydroxylation is 2. The summed E-state index contributed by atoms with van der Waals surface area (Å²) in [6, 6.07) is 9.65. The van der Waals surface area contributed by atoms with E-state index < -0.39 is 17.9 Å². The highest BCUT2D eigenvalue weighted by Gasteiger charge is 2.45. The molecule has 1 unspecified atom stereocenters. The molecule has 0 spiro atoms. The van der Waals surface area contributed by atoms with Gasteiger partial charge in [0.15, 0.2) is 22.1 Å². The number of fused-ring (bicyclic) bond motifs is 2. The zero-order chi connectivity index (χ0) is 29.4. The number of methoxy groups -OCH3 is 1. The van der Waals surface area contributed by atoms with Crippen LogP contribution in [0.5, 0.6) is 11.5 Å². The highest BCUT2D eigenvalue weighted by atomic mass is 32.1. The number of anilines is 1. The Balaban J connectivity index is 1.70. The lowest BCUT2D eigenvalue weighted by Gasteiger charge is -2.23. The molecule has 41 heavy (non-hydrogen) atoms. The molecule has 0 aliphatic carbocycles. The van der Waals surface area contributed by atoms with Crippen molar-refractivity contribution >= 4 is 39.3 Å². The first-order chi connectivity index (χ1) is 19.6. The van der Waals surface area contributed by atoms with Gasteiger partial charge in [-0.25, -0.2) is 9.78 Å². The number of rotatable bonds is 9.